The van der Waals surface area contributed by atoms with E-state index in [1.54, 1.807) is 6.07 Å². The number of hydrogen-bond donors (Lipinski definition) is 3. The summed E-state index contributed by atoms with van der Waals surface area (Å²) in [5.41, 5.74) is 3.33. The zero-order valence-electron chi connectivity index (χ0n) is 17.6. The predicted molar refractivity (Wildman–Crippen MR) is 117 cm³/mol. The lowest BCUT2D eigenvalue weighted by atomic mass is 9.49. The smallest absolute Gasteiger partial charge is 0.226 e. The molecule has 1 amide bonds. The number of H-pyrrole nitrogens is 1. The van der Waals surface area contributed by atoms with Gasteiger partial charge in [0.05, 0.1) is 17.2 Å². The van der Waals surface area contributed by atoms with E-state index in [4.69, 9.17) is 4.74 Å². The fourth-order valence-corrected chi connectivity index (χ4v) is 7.47. The van der Waals surface area contributed by atoms with E-state index < -0.39 is 17.1 Å². The molecule has 5 aliphatic rings. The van der Waals surface area contributed by atoms with Crippen molar-refractivity contribution in [1.82, 2.24) is 9.88 Å². The number of aromatic amines is 1. The number of aromatic nitrogens is 1. The molecule has 162 valence electrons. The Kier molecular flexibility index (Phi) is 2.91. The summed E-state index contributed by atoms with van der Waals surface area (Å²) in [7, 11) is 0. The summed E-state index contributed by atoms with van der Waals surface area (Å²) < 4.78 is 6.54. The first kappa shape index (κ1) is 17.6. The van der Waals surface area contributed by atoms with Crippen LogP contribution in [0.1, 0.15) is 47.8 Å². The first-order chi connectivity index (χ1) is 15.5. The standard InChI is InChI=1S/C26H24N2O4/c29-18-8-7-14-11-19-26(31)12-16-15-3-1-2-4-17(15)27-21(16)23-25(26,20(14)22(18)32-23)9-10-28(19)24(30)13-5-6-13/h1-4,7-8,13,19,23,27,29,31H,5-6,9-12H2/t19?,23-,25-,26+/m0/s1. The molecular weight excluding hydrogens is 404 g/mol. The normalized spacial score (nSPS) is 33.6. The van der Waals surface area contributed by atoms with Crippen LogP contribution in [0.5, 0.6) is 11.5 Å². The Balaban J connectivity index is 1.43. The van der Waals surface area contributed by atoms with Crippen LogP contribution in [0.15, 0.2) is 36.4 Å². The second-order valence-electron chi connectivity index (χ2n) is 10.4. The molecule has 4 atom stereocenters. The van der Waals surface area contributed by atoms with Crippen LogP contribution in [0.2, 0.25) is 0 Å². The number of rotatable bonds is 1. The topological polar surface area (TPSA) is 85.8 Å². The van der Waals surface area contributed by atoms with Gasteiger partial charge in [-0.05, 0) is 48.9 Å². The molecule has 32 heavy (non-hydrogen) atoms. The molecule has 1 spiro atoms. The number of ether oxygens (including phenoxy) is 1. The molecular formula is C26H24N2O4. The third kappa shape index (κ3) is 1.76. The fourth-order valence-electron chi connectivity index (χ4n) is 7.47. The Morgan fingerprint density at radius 3 is 2.88 bits per heavy atom. The Bertz CT molecular complexity index is 1360. The van der Waals surface area contributed by atoms with Gasteiger partial charge in [0.15, 0.2) is 17.6 Å². The number of fused-ring (bicyclic) bond motifs is 4. The fraction of sp³-hybridized carbons (Fsp3) is 0.423. The van der Waals surface area contributed by atoms with Crippen molar-refractivity contribution >= 4 is 16.8 Å². The van der Waals surface area contributed by atoms with E-state index in [1.807, 2.05) is 23.1 Å². The number of likely N-dealkylation sites (tertiary alicyclic amines) is 1. The highest BCUT2D eigenvalue weighted by molar-refractivity contribution is 5.87. The minimum absolute atomic E-state index is 0.118. The summed E-state index contributed by atoms with van der Waals surface area (Å²) in [6.07, 6.45) is 3.19. The van der Waals surface area contributed by atoms with Crippen molar-refractivity contribution in [1.29, 1.82) is 0 Å². The Morgan fingerprint density at radius 1 is 1.19 bits per heavy atom. The number of aliphatic hydroxyl groups is 1. The number of amides is 1. The van der Waals surface area contributed by atoms with E-state index in [0.29, 0.717) is 31.6 Å². The molecule has 2 aromatic carbocycles. The molecule has 1 aromatic heterocycles. The maximum atomic E-state index is 13.3. The van der Waals surface area contributed by atoms with E-state index in [1.165, 1.54) is 0 Å². The van der Waals surface area contributed by atoms with Crippen molar-refractivity contribution in [2.75, 3.05) is 6.54 Å². The molecule has 1 saturated carbocycles. The molecule has 6 heteroatoms. The second kappa shape index (κ2) is 5.31. The van der Waals surface area contributed by atoms with Gasteiger partial charge in [0.25, 0.3) is 0 Å². The summed E-state index contributed by atoms with van der Waals surface area (Å²) >= 11 is 0. The van der Waals surface area contributed by atoms with Gasteiger partial charge in [-0.3, -0.25) is 4.79 Å². The lowest BCUT2D eigenvalue weighted by molar-refractivity contribution is -0.183. The van der Waals surface area contributed by atoms with Gasteiger partial charge in [0, 0.05) is 35.3 Å². The third-order valence-corrected chi connectivity index (χ3v) is 8.98. The number of carbonyl (C=O) groups excluding carboxylic acids is 1. The molecule has 2 aliphatic heterocycles. The lowest BCUT2D eigenvalue weighted by Gasteiger charge is -2.62. The van der Waals surface area contributed by atoms with Crippen LogP contribution < -0.4 is 4.74 Å². The lowest BCUT2D eigenvalue weighted by Crippen LogP contribution is -2.75. The summed E-state index contributed by atoms with van der Waals surface area (Å²) in [5.74, 6) is 0.952. The molecule has 6 nitrogen and oxygen atoms in total. The van der Waals surface area contributed by atoms with Crippen molar-refractivity contribution < 1.29 is 19.7 Å². The molecule has 2 bridgehead atoms. The average molecular weight is 428 g/mol. The minimum Gasteiger partial charge on any atom is -0.504 e. The number of para-hydroxylation sites is 1. The van der Waals surface area contributed by atoms with Crippen molar-refractivity contribution in [2.24, 2.45) is 5.92 Å². The monoisotopic (exact) mass is 428 g/mol. The van der Waals surface area contributed by atoms with Gasteiger partial charge in [-0.15, -0.1) is 0 Å². The molecule has 8 rings (SSSR count). The van der Waals surface area contributed by atoms with E-state index in [9.17, 15) is 15.0 Å². The molecule has 0 radical (unpaired) electrons. The number of nitrogens with zero attached hydrogens (tertiary/aromatic N) is 1. The molecule has 2 fully saturated rings. The van der Waals surface area contributed by atoms with Crippen LogP contribution in [0.4, 0.5) is 0 Å². The molecule has 3 aliphatic carbocycles. The van der Waals surface area contributed by atoms with Crippen LogP contribution in [0.25, 0.3) is 10.9 Å². The van der Waals surface area contributed by atoms with E-state index >= 15 is 0 Å². The number of aromatic hydroxyl groups is 1. The van der Waals surface area contributed by atoms with Crippen molar-refractivity contribution in [2.45, 2.75) is 55.3 Å². The molecule has 3 N–H and O–H groups in total. The van der Waals surface area contributed by atoms with Gasteiger partial charge in [0.1, 0.15) is 5.60 Å². The third-order valence-electron chi connectivity index (χ3n) is 8.98. The minimum atomic E-state index is -1.15. The number of carbonyl (C=O) groups is 1. The van der Waals surface area contributed by atoms with Gasteiger partial charge in [-0.2, -0.15) is 0 Å². The SMILES string of the molecule is O=C(C1CC1)N1CC[C@]23c4c5ccc(O)c4O[C@H]2c2[nH]c4ccccc4c2C[C@@]3(O)C1C5. The van der Waals surface area contributed by atoms with Crippen molar-refractivity contribution in [3.8, 4) is 11.5 Å². The summed E-state index contributed by atoms with van der Waals surface area (Å²) in [6, 6.07) is 11.5. The van der Waals surface area contributed by atoms with E-state index in [2.05, 4.69) is 17.1 Å². The molecule has 1 saturated heterocycles. The Hall–Kier alpha value is -2.99. The van der Waals surface area contributed by atoms with E-state index in [-0.39, 0.29) is 23.6 Å². The van der Waals surface area contributed by atoms with Gasteiger partial charge >= 0.3 is 0 Å². The van der Waals surface area contributed by atoms with Crippen LogP contribution in [0, 0.1) is 5.92 Å². The van der Waals surface area contributed by atoms with Crippen molar-refractivity contribution in [3.05, 3.63) is 58.8 Å². The maximum absolute atomic E-state index is 13.3. The largest absolute Gasteiger partial charge is 0.504 e. The number of nitrogens with one attached hydrogen (secondary N) is 1. The predicted octanol–water partition coefficient (Wildman–Crippen LogP) is 3.10. The van der Waals surface area contributed by atoms with Crippen LogP contribution in [-0.4, -0.2) is 44.2 Å². The van der Waals surface area contributed by atoms with Gasteiger partial charge in [0.2, 0.25) is 5.91 Å². The Morgan fingerprint density at radius 2 is 2.03 bits per heavy atom. The van der Waals surface area contributed by atoms with Gasteiger partial charge in [-0.25, -0.2) is 0 Å². The zero-order chi connectivity index (χ0) is 21.4. The van der Waals surface area contributed by atoms with Gasteiger partial charge in [-0.1, -0.05) is 24.3 Å². The maximum Gasteiger partial charge on any atom is 0.226 e. The second-order valence-corrected chi connectivity index (χ2v) is 10.4. The molecule has 3 heterocycles. The van der Waals surface area contributed by atoms with Gasteiger partial charge < -0.3 is 24.8 Å². The first-order valence-corrected chi connectivity index (χ1v) is 11.7. The highest BCUT2D eigenvalue weighted by atomic mass is 16.5. The molecule has 1 unspecified atom stereocenters. The first-order valence-electron chi connectivity index (χ1n) is 11.7. The van der Waals surface area contributed by atoms with Crippen LogP contribution >= 0.6 is 0 Å². The quantitative estimate of drug-likeness (QED) is 0.556. The summed E-state index contributed by atoms with van der Waals surface area (Å²) in [4.78, 5) is 18.8. The zero-order valence-corrected chi connectivity index (χ0v) is 17.6. The summed E-state index contributed by atoms with van der Waals surface area (Å²) in [6.45, 7) is 0.617. The summed E-state index contributed by atoms with van der Waals surface area (Å²) in [5, 5.41) is 24.5. The number of piperidine rings is 1. The van der Waals surface area contributed by atoms with Crippen molar-refractivity contribution in [3.63, 3.8) is 0 Å². The Labute approximate surface area is 184 Å². The number of phenols is 1. The number of phenolic OH excluding ortho intramolecular Hbond substituents is 1. The number of benzene rings is 2. The van der Waals surface area contributed by atoms with Crippen LogP contribution in [-0.2, 0) is 23.1 Å². The number of hydrogen-bond acceptors (Lipinski definition) is 4. The van der Waals surface area contributed by atoms with Crippen LogP contribution in [0.3, 0.4) is 0 Å². The highest BCUT2D eigenvalue weighted by Crippen LogP contribution is 2.69. The average Bonchev–Trinajstić information content (AvgIpc) is 3.48. The molecule has 3 aromatic rings. The van der Waals surface area contributed by atoms with E-state index in [0.717, 1.165) is 46.1 Å². The highest BCUT2D eigenvalue weighted by Gasteiger charge is 2.73.